The Morgan fingerprint density at radius 2 is 2.05 bits per heavy atom. The molecule has 1 heterocycles. The summed E-state index contributed by atoms with van der Waals surface area (Å²) < 4.78 is 23.8. The van der Waals surface area contributed by atoms with Crippen molar-refractivity contribution in [2.24, 2.45) is 0 Å². The summed E-state index contributed by atoms with van der Waals surface area (Å²) in [7, 11) is 1.32. The van der Waals surface area contributed by atoms with Crippen LogP contribution in [0, 0.1) is 0 Å². The second kappa shape index (κ2) is 6.89. The average Bonchev–Trinajstić information content (AvgIpc) is 2.47. The van der Waals surface area contributed by atoms with E-state index in [0.717, 1.165) is 5.75 Å². The predicted molar refractivity (Wildman–Crippen MR) is 85.9 cm³/mol. The van der Waals surface area contributed by atoms with Crippen molar-refractivity contribution in [3.8, 4) is 11.5 Å². The van der Waals surface area contributed by atoms with E-state index < -0.39 is 28.0 Å². The molecule has 0 amide bonds. The minimum absolute atomic E-state index is 0.0982. The van der Waals surface area contributed by atoms with Crippen LogP contribution in [0.15, 0.2) is 24.3 Å². The summed E-state index contributed by atoms with van der Waals surface area (Å²) in [4.78, 5) is 12.1. The number of carbonyl (C=O) groups is 1. The standard InChI is InChI=1S/C14H19NO5S2/c1-14(2)12(13(17)19-3)15(8-9-21-14)22(18)20-11-6-4-10(16)5-7-11/h4-7,12,16H,8-9H2,1-3H3. The van der Waals surface area contributed by atoms with Gasteiger partial charge in [-0.15, -0.1) is 0 Å². The number of hydrogen-bond donors (Lipinski definition) is 1. The summed E-state index contributed by atoms with van der Waals surface area (Å²) in [5.41, 5.74) is 0. The number of phenols is 1. The Bertz CT molecular complexity index is 561. The first kappa shape index (κ1) is 17.1. The van der Waals surface area contributed by atoms with Gasteiger partial charge >= 0.3 is 5.97 Å². The minimum Gasteiger partial charge on any atom is -0.508 e. The van der Waals surface area contributed by atoms with E-state index in [9.17, 15) is 14.1 Å². The topological polar surface area (TPSA) is 76.1 Å². The van der Waals surface area contributed by atoms with Gasteiger partial charge in [0, 0.05) is 17.0 Å². The fourth-order valence-corrected chi connectivity index (χ4v) is 4.77. The van der Waals surface area contributed by atoms with E-state index in [0.29, 0.717) is 12.3 Å². The van der Waals surface area contributed by atoms with Crippen LogP contribution in [-0.4, -0.2) is 49.8 Å². The highest BCUT2D eigenvalue weighted by atomic mass is 32.2. The van der Waals surface area contributed by atoms with E-state index in [1.54, 1.807) is 11.8 Å². The Hall–Kier alpha value is -1.25. The lowest BCUT2D eigenvalue weighted by Crippen LogP contribution is -2.58. The van der Waals surface area contributed by atoms with Gasteiger partial charge in [-0.3, -0.25) is 4.79 Å². The normalized spacial score (nSPS) is 22.8. The summed E-state index contributed by atoms with van der Waals surface area (Å²) >= 11 is -0.189. The molecule has 1 N–H and O–H groups in total. The summed E-state index contributed by atoms with van der Waals surface area (Å²) in [6, 6.07) is 5.27. The van der Waals surface area contributed by atoms with Crippen LogP contribution in [-0.2, 0) is 20.8 Å². The van der Waals surface area contributed by atoms with Crippen molar-refractivity contribution in [2.45, 2.75) is 24.6 Å². The van der Waals surface area contributed by atoms with Crippen molar-refractivity contribution >= 4 is 29.0 Å². The molecule has 0 spiro atoms. The van der Waals surface area contributed by atoms with Crippen molar-refractivity contribution in [3.05, 3.63) is 24.3 Å². The highest BCUT2D eigenvalue weighted by Gasteiger charge is 2.47. The molecule has 1 aliphatic rings. The van der Waals surface area contributed by atoms with E-state index in [4.69, 9.17) is 8.92 Å². The zero-order valence-corrected chi connectivity index (χ0v) is 14.3. The third kappa shape index (κ3) is 3.74. The molecule has 8 heteroatoms. The SMILES string of the molecule is COC(=O)C1N(S(=O)Oc2ccc(O)cc2)CCSC1(C)C. The Kier molecular flexibility index (Phi) is 5.36. The van der Waals surface area contributed by atoms with Crippen LogP contribution in [0.1, 0.15) is 13.8 Å². The molecule has 1 saturated heterocycles. The van der Waals surface area contributed by atoms with Gasteiger partial charge in [0.05, 0.1) is 7.11 Å². The molecule has 0 aliphatic carbocycles. The predicted octanol–water partition coefficient (Wildman–Crippen LogP) is 1.72. The number of nitrogens with zero attached hydrogens (tertiary/aromatic N) is 1. The average molecular weight is 345 g/mol. The van der Waals surface area contributed by atoms with Crippen LogP contribution in [0.4, 0.5) is 0 Å². The van der Waals surface area contributed by atoms with Crippen LogP contribution in [0.2, 0.25) is 0 Å². The number of carbonyl (C=O) groups excluding carboxylic acids is 1. The number of benzene rings is 1. The maximum Gasteiger partial charge on any atom is 0.325 e. The number of esters is 1. The molecule has 122 valence electrons. The Balaban J connectivity index is 2.18. The molecular formula is C14H19NO5S2. The summed E-state index contributed by atoms with van der Waals surface area (Å²) in [6.07, 6.45) is 0. The molecule has 1 aliphatic heterocycles. The first-order chi connectivity index (χ1) is 10.3. The first-order valence-corrected chi connectivity index (χ1v) is 8.74. The van der Waals surface area contributed by atoms with Gasteiger partial charge in [-0.1, -0.05) is 0 Å². The summed E-state index contributed by atoms with van der Waals surface area (Å²) in [5.74, 6) is 0.766. The van der Waals surface area contributed by atoms with Gasteiger partial charge in [-0.05, 0) is 38.1 Å². The number of ether oxygens (including phenoxy) is 1. The van der Waals surface area contributed by atoms with Crippen LogP contribution in [0.5, 0.6) is 11.5 Å². The van der Waals surface area contributed by atoms with Gasteiger partial charge in [0.1, 0.15) is 17.5 Å². The Morgan fingerprint density at radius 1 is 1.41 bits per heavy atom. The van der Waals surface area contributed by atoms with Gasteiger partial charge < -0.3 is 14.0 Å². The number of aromatic hydroxyl groups is 1. The Morgan fingerprint density at radius 3 is 2.64 bits per heavy atom. The molecule has 1 fully saturated rings. The second-order valence-corrected chi connectivity index (χ2v) is 8.13. The van der Waals surface area contributed by atoms with Crippen molar-refractivity contribution in [3.63, 3.8) is 0 Å². The number of methoxy groups -OCH3 is 1. The molecular weight excluding hydrogens is 326 g/mol. The zero-order chi connectivity index (χ0) is 16.3. The lowest BCUT2D eigenvalue weighted by molar-refractivity contribution is -0.146. The summed E-state index contributed by atoms with van der Waals surface area (Å²) in [5, 5.41) is 9.25. The minimum atomic E-state index is -1.83. The number of thioether (sulfide) groups is 1. The highest BCUT2D eigenvalue weighted by Crippen LogP contribution is 2.37. The van der Waals surface area contributed by atoms with Crippen LogP contribution in [0.3, 0.4) is 0 Å². The van der Waals surface area contributed by atoms with E-state index in [1.807, 2.05) is 13.8 Å². The van der Waals surface area contributed by atoms with Gasteiger partial charge in [-0.2, -0.15) is 20.3 Å². The zero-order valence-electron chi connectivity index (χ0n) is 12.6. The summed E-state index contributed by atoms with van der Waals surface area (Å²) in [6.45, 7) is 4.30. The van der Waals surface area contributed by atoms with Gasteiger partial charge in [0.25, 0.3) is 11.3 Å². The molecule has 0 radical (unpaired) electrons. The van der Waals surface area contributed by atoms with Gasteiger partial charge in [-0.25, -0.2) is 0 Å². The van der Waals surface area contributed by atoms with Crippen LogP contribution < -0.4 is 4.18 Å². The molecule has 1 aromatic carbocycles. The smallest absolute Gasteiger partial charge is 0.325 e. The largest absolute Gasteiger partial charge is 0.508 e. The van der Waals surface area contributed by atoms with Crippen molar-refractivity contribution in [2.75, 3.05) is 19.4 Å². The fourth-order valence-electron chi connectivity index (χ4n) is 2.26. The second-order valence-electron chi connectivity index (χ2n) is 5.31. The van der Waals surface area contributed by atoms with E-state index >= 15 is 0 Å². The van der Waals surface area contributed by atoms with E-state index in [2.05, 4.69) is 0 Å². The lowest BCUT2D eigenvalue weighted by atomic mass is 10.0. The Labute approximate surface area is 136 Å². The van der Waals surface area contributed by atoms with E-state index in [1.165, 1.54) is 35.7 Å². The monoisotopic (exact) mass is 345 g/mol. The number of hydrogen-bond acceptors (Lipinski definition) is 6. The molecule has 2 atom stereocenters. The third-order valence-corrected chi connectivity index (χ3v) is 5.82. The maximum atomic E-state index is 12.5. The van der Waals surface area contributed by atoms with Gasteiger partial charge in [0.2, 0.25) is 0 Å². The number of phenolic OH excluding ortho intramolecular Hbond substituents is 1. The maximum absolute atomic E-state index is 12.5. The molecule has 0 saturated carbocycles. The molecule has 22 heavy (non-hydrogen) atoms. The third-order valence-electron chi connectivity index (χ3n) is 3.35. The van der Waals surface area contributed by atoms with Crippen molar-refractivity contribution in [1.82, 2.24) is 4.31 Å². The molecule has 0 bridgehead atoms. The van der Waals surface area contributed by atoms with E-state index in [-0.39, 0.29) is 5.75 Å². The van der Waals surface area contributed by atoms with Crippen molar-refractivity contribution in [1.29, 1.82) is 0 Å². The van der Waals surface area contributed by atoms with Gasteiger partial charge in [0.15, 0.2) is 0 Å². The highest BCUT2D eigenvalue weighted by molar-refractivity contribution is 8.00. The fraction of sp³-hybridized carbons (Fsp3) is 0.500. The molecule has 0 aromatic heterocycles. The lowest BCUT2D eigenvalue weighted by Gasteiger charge is -2.42. The molecule has 1 aromatic rings. The first-order valence-electron chi connectivity index (χ1n) is 6.73. The van der Waals surface area contributed by atoms with Crippen LogP contribution >= 0.6 is 11.8 Å². The molecule has 2 unspecified atom stereocenters. The quantitative estimate of drug-likeness (QED) is 0.838. The molecule has 2 rings (SSSR count). The van der Waals surface area contributed by atoms with Crippen LogP contribution in [0.25, 0.3) is 0 Å². The van der Waals surface area contributed by atoms with Crippen molar-refractivity contribution < 1.29 is 23.0 Å². The number of rotatable bonds is 4. The molecule has 6 nitrogen and oxygen atoms in total.